The van der Waals surface area contributed by atoms with Gasteiger partial charge in [0, 0.05) is 22.7 Å². The normalized spacial score (nSPS) is 12.7. The number of carbonyl (C=O) groups excluding carboxylic acids is 1. The van der Waals surface area contributed by atoms with E-state index in [1.807, 2.05) is 60.7 Å². The molecule has 0 saturated heterocycles. The van der Waals surface area contributed by atoms with E-state index in [2.05, 4.69) is 10.5 Å². The van der Waals surface area contributed by atoms with Gasteiger partial charge in [-0.15, -0.1) is 0 Å². The van der Waals surface area contributed by atoms with Crippen LogP contribution in [-0.2, 0) is 0 Å². The van der Waals surface area contributed by atoms with Crippen LogP contribution in [0.25, 0.3) is 22.1 Å². The van der Waals surface area contributed by atoms with Crippen molar-refractivity contribution >= 4 is 22.4 Å². The molecule has 2 heterocycles. The molecule has 0 aliphatic carbocycles. The summed E-state index contributed by atoms with van der Waals surface area (Å²) in [6, 6.07) is 20.7. The standard InChI is InChI=1S/C22H16N2O4/c25-22(23-17-7-3-5-14-4-1-2-6-16(14)17)18-13-20(28-24-18)15-8-9-19-21(12-15)27-11-10-26-19/h1-9,12-13H,10-11H2,(H,23,25). The number of carbonyl (C=O) groups is 1. The van der Waals surface area contributed by atoms with Crippen LogP contribution in [0.1, 0.15) is 10.5 Å². The van der Waals surface area contributed by atoms with Crippen LogP contribution >= 0.6 is 0 Å². The van der Waals surface area contributed by atoms with Crippen LogP contribution in [-0.4, -0.2) is 24.3 Å². The number of aromatic nitrogens is 1. The molecule has 6 heteroatoms. The lowest BCUT2D eigenvalue weighted by Crippen LogP contribution is -2.15. The number of hydrogen-bond donors (Lipinski definition) is 1. The number of anilines is 1. The molecule has 0 fully saturated rings. The predicted molar refractivity (Wildman–Crippen MR) is 105 cm³/mol. The third-order valence-corrected chi connectivity index (χ3v) is 4.61. The SMILES string of the molecule is O=C(Nc1cccc2ccccc12)c1cc(-c2ccc3c(c2)OCCO3)on1. The van der Waals surface area contributed by atoms with Gasteiger partial charge in [-0.25, -0.2) is 0 Å². The van der Waals surface area contributed by atoms with Gasteiger partial charge in [0.1, 0.15) is 13.2 Å². The molecule has 0 bridgehead atoms. The molecule has 0 radical (unpaired) electrons. The average Bonchev–Trinajstić information content (AvgIpc) is 3.24. The van der Waals surface area contributed by atoms with Gasteiger partial charge in [0.25, 0.3) is 5.91 Å². The van der Waals surface area contributed by atoms with Gasteiger partial charge >= 0.3 is 0 Å². The van der Waals surface area contributed by atoms with Gasteiger partial charge < -0.3 is 19.3 Å². The summed E-state index contributed by atoms with van der Waals surface area (Å²) in [5, 5.41) is 8.85. The number of nitrogens with zero attached hydrogens (tertiary/aromatic N) is 1. The molecule has 6 nitrogen and oxygen atoms in total. The summed E-state index contributed by atoms with van der Waals surface area (Å²) in [5.41, 5.74) is 1.70. The van der Waals surface area contributed by atoms with E-state index in [9.17, 15) is 4.79 Å². The number of benzene rings is 3. The maximum absolute atomic E-state index is 12.7. The molecule has 1 aliphatic rings. The zero-order chi connectivity index (χ0) is 18.9. The van der Waals surface area contributed by atoms with Crippen LogP contribution in [0, 0.1) is 0 Å². The fraction of sp³-hybridized carbons (Fsp3) is 0.0909. The quantitative estimate of drug-likeness (QED) is 0.572. The summed E-state index contributed by atoms with van der Waals surface area (Å²) >= 11 is 0. The molecule has 0 atom stereocenters. The van der Waals surface area contributed by atoms with Crippen LogP contribution in [0.5, 0.6) is 11.5 Å². The number of fused-ring (bicyclic) bond motifs is 2. The molecule has 3 aromatic carbocycles. The van der Waals surface area contributed by atoms with Gasteiger partial charge in [-0.05, 0) is 29.7 Å². The second kappa shape index (κ2) is 6.74. The fourth-order valence-corrected chi connectivity index (χ4v) is 3.24. The smallest absolute Gasteiger partial charge is 0.277 e. The number of ether oxygens (including phenoxy) is 2. The Balaban J connectivity index is 1.40. The summed E-state index contributed by atoms with van der Waals surface area (Å²) < 4.78 is 16.5. The Morgan fingerprint density at radius 1 is 0.893 bits per heavy atom. The number of nitrogens with one attached hydrogen (secondary N) is 1. The molecule has 1 amide bonds. The summed E-state index contributed by atoms with van der Waals surface area (Å²) in [6.07, 6.45) is 0. The van der Waals surface area contributed by atoms with Gasteiger partial charge in [-0.1, -0.05) is 41.6 Å². The minimum atomic E-state index is -0.330. The molecular weight excluding hydrogens is 356 g/mol. The molecule has 28 heavy (non-hydrogen) atoms. The van der Waals surface area contributed by atoms with Crippen molar-refractivity contribution in [3.8, 4) is 22.8 Å². The Kier molecular flexibility index (Phi) is 3.94. The van der Waals surface area contributed by atoms with Gasteiger partial charge in [0.05, 0.1) is 0 Å². The van der Waals surface area contributed by atoms with Gasteiger partial charge in [0.2, 0.25) is 0 Å². The molecule has 1 aliphatic heterocycles. The van der Waals surface area contributed by atoms with Crippen LogP contribution in [0.15, 0.2) is 71.3 Å². The van der Waals surface area contributed by atoms with Gasteiger partial charge in [0.15, 0.2) is 23.0 Å². The third-order valence-electron chi connectivity index (χ3n) is 4.61. The third kappa shape index (κ3) is 2.95. The molecule has 4 aromatic rings. The van der Waals surface area contributed by atoms with Crippen molar-refractivity contribution in [2.24, 2.45) is 0 Å². The lowest BCUT2D eigenvalue weighted by Gasteiger charge is -2.18. The molecular formula is C22H16N2O4. The zero-order valence-corrected chi connectivity index (χ0v) is 14.8. The molecule has 0 saturated carbocycles. The Hall–Kier alpha value is -3.80. The Morgan fingerprint density at radius 3 is 2.64 bits per heavy atom. The Bertz CT molecular complexity index is 1180. The summed E-state index contributed by atoms with van der Waals surface area (Å²) in [7, 11) is 0. The molecule has 1 aromatic heterocycles. The second-order valence-electron chi connectivity index (χ2n) is 6.42. The second-order valence-corrected chi connectivity index (χ2v) is 6.42. The molecule has 0 spiro atoms. The maximum Gasteiger partial charge on any atom is 0.277 e. The van der Waals surface area contributed by atoms with Gasteiger partial charge in [-0.2, -0.15) is 0 Å². The van der Waals surface area contributed by atoms with E-state index in [1.54, 1.807) is 6.07 Å². The van der Waals surface area contributed by atoms with E-state index in [1.165, 1.54) is 0 Å². The highest BCUT2D eigenvalue weighted by molar-refractivity contribution is 6.08. The summed E-state index contributed by atoms with van der Waals surface area (Å²) in [4.78, 5) is 12.7. The van der Waals surface area contributed by atoms with Crippen molar-refractivity contribution in [1.82, 2.24) is 5.16 Å². The maximum atomic E-state index is 12.7. The highest BCUT2D eigenvalue weighted by atomic mass is 16.6. The lowest BCUT2D eigenvalue weighted by atomic mass is 10.1. The zero-order valence-electron chi connectivity index (χ0n) is 14.8. The first-order valence-electron chi connectivity index (χ1n) is 8.94. The van der Waals surface area contributed by atoms with Crippen molar-refractivity contribution < 1.29 is 18.8 Å². The largest absolute Gasteiger partial charge is 0.486 e. The Morgan fingerprint density at radius 2 is 1.71 bits per heavy atom. The van der Waals surface area contributed by atoms with E-state index in [-0.39, 0.29) is 11.6 Å². The topological polar surface area (TPSA) is 73.6 Å². The molecule has 1 N–H and O–H groups in total. The minimum Gasteiger partial charge on any atom is -0.486 e. The summed E-state index contributed by atoms with van der Waals surface area (Å²) in [6.45, 7) is 1.04. The van der Waals surface area contributed by atoms with E-state index in [0.29, 0.717) is 30.5 Å². The highest BCUT2D eigenvalue weighted by Crippen LogP contribution is 2.34. The predicted octanol–water partition coefficient (Wildman–Crippen LogP) is 4.52. The number of hydrogen-bond acceptors (Lipinski definition) is 5. The highest BCUT2D eigenvalue weighted by Gasteiger charge is 2.17. The Labute approximate surface area is 160 Å². The van der Waals surface area contributed by atoms with Crippen molar-refractivity contribution in [2.75, 3.05) is 18.5 Å². The van der Waals surface area contributed by atoms with E-state index < -0.39 is 0 Å². The molecule has 138 valence electrons. The monoisotopic (exact) mass is 372 g/mol. The average molecular weight is 372 g/mol. The van der Waals surface area contributed by atoms with Crippen LogP contribution < -0.4 is 14.8 Å². The fourth-order valence-electron chi connectivity index (χ4n) is 3.24. The van der Waals surface area contributed by atoms with Gasteiger partial charge in [-0.3, -0.25) is 4.79 Å². The van der Waals surface area contributed by atoms with E-state index in [4.69, 9.17) is 14.0 Å². The minimum absolute atomic E-state index is 0.206. The van der Waals surface area contributed by atoms with E-state index in [0.717, 1.165) is 22.0 Å². The first-order chi connectivity index (χ1) is 13.8. The van der Waals surface area contributed by atoms with Crippen molar-refractivity contribution in [3.05, 3.63) is 72.4 Å². The van der Waals surface area contributed by atoms with Crippen molar-refractivity contribution in [3.63, 3.8) is 0 Å². The lowest BCUT2D eigenvalue weighted by molar-refractivity contribution is 0.101. The first kappa shape index (κ1) is 16.4. The number of rotatable bonds is 3. The summed E-state index contributed by atoms with van der Waals surface area (Å²) in [5.74, 6) is 1.51. The molecule has 0 unspecified atom stereocenters. The molecule has 5 rings (SSSR count). The van der Waals surface area contributed by atoms with Crippen LogP contribution in [0.3, 0.4) is 0 Å². The number of amides is 1. The van der Waals surface area contributed by atoms with Crippen LogP contribution in [0.4, 0.5) is 5.69 Å². The van der Waals surface area contributed by atoms with Crippen LogP contribution in [0.2, 0.25) is 0 Å². The van der Waals surface area contributed by atoms with E-state index >= 15 is 0 Å². The first-order valence-corrected chi connectivity index (χ1v) is 8.94. The van der Waals surface area contributed by atoms with Crippen molar-refractivity contribution in [2.45, 2.75) is 0 Å². The van der Waals surface area contributed by atoms with Crippen molar-refractivity contribution in [1.29, 1.82) is 0 Å².